The molecule has 11 heteroatoms. The summed E-state index contributed by atoms with van der Waals surface area (Å²) < 4.78 is 44.5. The lowest BCUT2D eigenvalue weighted by Gasteiger charge is -2.40. The number of carbonyl (C=O) groups is 2. The minimum Gasteiger partial charge on any atom is -0.481 e. The molecule has 0 spiro atoms. The van der Waals surface area contributed by atoms with E-state index < -0.39 is 66.7 Å². The van der Waals surface area contributed by atoms with Crippen molar-refractivity contribution < 1.29 is 37.7 Å². The molecule has 1 aromatic heterocycles. The minimum atomic E-state index is -2.75. The van der Waals surface area contributed by atoms with Crippen LogP contribution in [0.2, 0.25) is 0 Å². The Bertz CT molecular complexity index is 1210. The van der Waals surface area contributed by atoms with Crippen molar-refractivity contribution in [2.24, 2.45) is 11.3 Å². The minimum absolute atomic E-state index is 0.0474. The second-order valence-corrected chi connectivity index (χ2v) is 11.7. The number of halogens is 2. The van der Waals surface area contributed by atoms with Crippen LogP contribution in [0, 0.1) is 11.3 Å². The highest BCUT2D eigenvalue weighted by atomic mass is 19.3. The number of anilines is 1. The number of benzene rings is 1. The molecule has 3 heterocycles. The molecule has 2 fully saturated rings. The molecular weight excluding hydrogens is 524 g/mol. The number of aliphatic carboxylic acids is 1. The number of hydrogen-bond donors (Lipinski definition) is 1. The van der Waals surface area contributed by atoms with Crippen molar-refractivity contribution in [3.8, 4) is 5.88 Å². The summed E-state index contributed by atoms with van der Waals surface area (Å²) in [5, 5.41) is 10.4. The molecule has 1 amide bonds. The number of aromatic nitrogens is 1. The van der Waals surface area contributed by atoms with Crippen LogP contribution in [0.3, 0.4) is 0 Å². The zero-order valence-electron chi connectivity index (χ0n) is 23.6. The summed E-state index contributed by atoms with van der Waals surface area (Å²) in [4.78, 5) is 33.3. The Balaban J connectivity index is 1.75. The molecule has 0 aliphatic carbocycles. The Labute approximate surface area is 233 Å². The van der Waals surface area contributed by atoms with E-state index in [4.69, 9.17) is 14.2 Å². The predicted molar refractivity (Wildman–Crippen MR) is 144 cm³/mol. The first-order chi connectivity index (χ1) is 18.7. The summed E-state index contributed by atoms with van der Waals surface area (Å²) in [7, 11) is 1.45. The molecule has 1 N–H and O–H groups in total. The zero-order chi connectivity index (χ0) is 29.4. The van der Waals surface area contributed by atoms with E-state index >= 15 is 0 Å². The van der Waals surface area contributed by atoms with Crippen LogP contribution < -0.4 is 9.64 Å². The van der Waals surface area contributed by atoms with Crippen LogP contribution in [-0.2, 0) is 20.9 Å². The molecule has 218 valence electrons. The van der Waals surface area contributed by atoms with Crippen molar-refractivity contribution in [1.29, 1.82) is 0 Å². The molecule has 40 heavy (non-hydrogen) atoms. The third-order valence-electron chi connectivity index (χ3n) is 7.29. The standard InChI is InChI=1S/C29H37F2N3O6/c1-17(2)40-27(37)34-22(18-10-8-7-9-11-18)24(21(28(3,4)5)23(34)26(35)36)39-14-19-12-20(13-32-25(19)38-6)33-15-29(30,31)16-33/h7-13,17,21-24H,14-16H2,1-6H3,(H,35,36)/t21-,22+,23+,24+/m1/s1. The van der Waals surface area contributed by atoms with Crippen molar-refractivity contribution >= 4 is 17.7 Å². The lowest BCUT2D eigenvalue weighted by atomic mass is 9.73. The van der Waals surface area contributed by atoms with Gasteiger partial charge in [0.1, 0.15) is 6.04 Å². The van der Waals surface area contributed by atoms with E-state index in [1.54, 1.807) is 19.9 Å². The van der Waals surface area contributed by atoms with Crippen molar-refractivity contribution in [2.75, 3.05) is 25.1 Å². The average Bonchev–Trinajstić information content (AvgIpc) is 3.22. The number of nitrogens with zero attached hydrogens (tertiary/aromatic N) is 3. The van der Waals surface area contributed by atoms with Gasteiger partial charge in [-0.15, -0.1) is 0 Å². The lowest BCUT2D eigenvalue weighted by molar-refractivity contribution is -0.145. The smallest absolute Gasteiger partial charge is 0.411 e. The maximum Gasteiger partial charge on any atom is 0.411 e. The van der Waals surface area contributed by atoms with E-state index in [0.29, 0.717) is 16.8 Å². The molecule has 2 aromatic rings. The molecular formula is C29H37F2N3O6. The van der Waals surface area contributed by atoms with E-state index in [2.05, 4.69) is 4.98 Å². The highest BCUT2D eigenvalue weighted by Gasteiger charge is 2.59. The van der Waals surface area contributed by atoms with Crippen LogP contribution in [-0.4, -0.2) is 71.4 Å². The van der Waals surface area contributed by atoms with E-state index in [0.717, 1.165) is 0 Å². The van der Waals surface area contributed by atoms with E-state index in [1.807, 2.05) is 51.1 Å². The fourth-order valence-corrected chi connectivity index (χ4v) is 5.63. The number of ether oxygens (including phenoxy) is 3. The first kappa shape index (κ1) is 29.5. The van der Waals surface area contributed by atoms with Gasteiger partial charge in [0.2, 0.25) is 5.88 Å². The number of carbonyl (C=O) groups excluding carboxylic acids is 1. The molecule has 4 atom stereocenters. The predicted octanol–water partition coefficient (Wildman–Crippen LogP) is 5.15. The van der Waals surface area contributed by atoms with Crippen molar-refractivity contribution in [1.82, 2.24) is 9.88 Å². The maximum atomic E-state index is 13.5. The monoisotopic (exact) mass is 561 g/mol. The SMILES string of the molecule is COc1ncc(N2CC(F)(F)C2)cc1CO[C@H]1[C@H](C(C)(C)C)[C@@H](C(=O)O)N(C(=O)OC(C)C)[C@H]1c1ccccc1. The molecule has 0 unspecified atom stereocenters. The molecule has 0 bridgehead atoms. The Morgan fingerprint density at radius 2 is 1.82 bits per heavy atom. The number of carboxylic acids is 1. The largest absolute Gasteiger partial charge is 0.481 e. The Morgan fingerprint density at radius 1 is 1.18 bits per heavy atom. The number of likely N-dealkylation sites (tertiary alicyclic amines) is 1. The number of methoxy groups -OCH3 is 1. The van der Waals surface area contributed by atoms with Gasteiger partial charge in [0.25, 0.3) is 5.92 Å². The first-order valence-corrected chi connectivity index (χ1v) is 13.3. The Morgan fingerprint density at radius 3 is 2.35 bits per heavy atom. The summed E-state index contributed by atoms with van der Waals surface area (Å²) in [5.41, 5.74) is 1.13. The van der Waals surface area contributed by atoms with Gasteiger partial charge in [-0.1, -0.05) is 51.1 Å². The summed E-state index contributed by atoms with van der Waals surface area (Å²) in [6, 6.07) is 8.82. The van der Waals surface area contributed by atoms with E-state index in [1.165, 1.54) is 23.1 Å². The first-order valence-electron chi connectivity index (χ1n) is 13.3. The van der Waals surface area contributed by atoms with Gasteiger partial charge in [-0.3, -0.25) is 4.90 Å². The number of alkyl halides is 2. The quantitative estimate of drug-likeness (QED) is 0.473. The van der Waals surface area contributed by atoms with Crippen LogP contribution in [0.4, 0.5) is 19.3 Å². The molecule has 1 aromatic carbocycles. The second kappa shape index (κ2) is 11.2. The molecule has 2 aliphatic heterocycles. The average molecular weight is 562 g/mol. The topological polar surface area (TPSA) is 101 Å². The fraction of sp³-hybridized carbons (Fsp3) is 0.552. The van der Waals surface area contributed by atoms with Gasteiger partial charge in [-0.25, -0.2) is 23.4 Å². The Kier molecular flexibility index (Phi) is 8.26. The summed E-state index contributed by atoms with van der Waals surface area (Å²) in [6.07, 6.45) is -0.484. The highest BCUT2D eigenvalue weighted by molar-refractivity contribution is 5.82. The molecule has 2 saturated heterocycles. The van der Waals surface area contributed by atoms with Gasteiger partial charge in [-0.2, -0.15) is 0 Å². The fourth-order valence-electron chi connectivity index (χ4n) is 5.63. The molecule has 2 aliphatic rings. The molecule has 4 rings (SSSR count). The van der Waals surface area contributed by atoms with Gasteiger partial charge >= 0.3 is 12.1 Å². The highest BCUT2D eigenvalue weighted by Crippen LogP contribution is 2.50. The van der Waals surface area contributed by atoms with Gasteiger partial charge in [0, 0.05) is 11.5 Å². The number of hydrogen-bond acceptors (Lipinski definition) is 7. The lowest BCUT2D eigenvalue weighted by Crippen LogP contribution is -2.56. The van der Waals surface area contributed by atoms with Gasteiger partial charge in [-0.05, 0) is 30.9 Å². The number of carboxylic acid groups (broad SMARTS) is 1. The summed E-state index contributed by atoms with van der Waals surface area (Å²) >= 11 is 0. The normalized spacial score (nSPS) is 24.1. The molecule has 9 nitrogen and oxygen atoms in total. The van der Waals surface area contributed by atoms with Crippen molar-refractivity contribution in [2.45, 2.75) is 71.4 Å². The molecule has 0 radical (unpaired) electrons. The maximum absolute atomic E-state index is 13.5. The van der Waals surface area contributed by atoms with Crippen LogP contribution in [0.1, 0.15) is 51.8 Å². The van der Waals surface area contributed by atoms with Crippen molar-refractivity contribution in [3.05, 3.63) is 53.7 Å². The van der Waals surface area contributed by atoms with Crippen LogP contribution in [0.15, 0.2) is 42.6 Å². The van der Waals surface area contributed by atoms with Crippen LogP contribution >= 0.6 is 0 Å². The third-order valence-corrected chi connectivity index (χ3v) is 7.29. The van der Waals surface area contributed by atoms with Gasteiger partial charge in [0.15, 0.2) is 0 Å². The van der Waals surface area contributed by atoms with Crippen LogP contribution in [0.5, 0.6) is 5.88 Å². The van der Waals surface area contributed by atoms with Crippen molar-refractivity contribution in [3.63, 3.8) is 0 Å². The van der Waals surface area contributed by atoms with Gasteiger partial charge in [0.05, 0.1) is 56.9 Å². The number of amides is 1. The van der Waals surface area contributed by atoms with E-state index in [9.17, 15) is 23.5 Å². The number of rotatable bonds is 8. The summed E-state index contributed by atoms with van der Waals surface area (Å²) in [5.74, 6) is -4.27. The molecule has 0 saturated carbocycles. The van der Waals surface area contributed by atoms with E-state index in [-0.39, 0.29) is 12.5 Å². The number of pyridine rings is 1. The Hall–Kier alpha value is -3.47. The zero-order valence-corrected chi connectivity index (χ0v) is 23.6. The third kappa shape index (κ3) is 5.99. The second-order valence-electron chi connectivity index (χ2n) is 11.7. The van der Waals surface area contributed by atoms with Crippen LogP contribution in [0.25, 0.3) is 0 Å². The summed E-state index contributed by atoms with van der Waals surface area (Å²) in [6.45, 7) is 8.29. The van der Waals surface area contributed by atoms with Gasteiger partial charge < -0.3 is 24.2 Å².